The molecule has 0 aromatic heterocycles. The third-order valence-corrected chi connectivity index (χ3v) is 7.07. The van der Waals surface area contributed by atoms with Crippen molar-refractivity contribution in [1.82, 2.24) is 15.1 Å². The number of ether oxygens (including phenoxy) is 1. The summed E-state index contributed by atoms with van der Waals surface area (Å²) in [7, 11) is 1.52. The van der Waals surface area contributed by atoms with Gasteiger partial charge in [-0.2, -0.15) is 0 Å². The number of anilines is 1. The van der Waals surface area contributed by atoms with Crippen LogP contribution in [0, 0.1) is 5.41 Å². The molecule has 172 valence electrons. The Kier molecular flexibility index (Phi) is 5.64. The normalized spacial score (nSPS) is 25.1. The highest BCUT2D eigenvalue weighted by Crippen LogP contribution is 2.45. The minimum atomic E-state index is -1.37. The number of benzene rings is 2. The maximum Gasteiger partial charge on any atom is 0.330 e. The van der Waals surface area contributed by atoms with E-state index in [-0.39, 0.29) is 25.6 Å². The van der Waals surface area contributed by atoms with Crippen LogP contribution in [0.15, 0.2) is 54.6 Å². The lowest BCUT2D eigenvalue weighted by Crippen LogP contribution is -2.75. The average Bonchev–Trinajstić information content (AvgIpc) is 2.83. The highest BCUT2D eigenvalue weighted by atomic mass is 16.5. The van der Waals surface area contributed by atoms with Crippen LogP contribution < -0.4 is 10.2 Å². The topological polar surface area (TPSA) is 82.2 Å². The molecule has 0 aliphatic carbocycles. The van der Waals surface area contributed by atoms with E-state index in [4.69, 9.17) is 4.74 Å². The first-order valence-electron chi connectivity index (χ1n) is 11.3. The van der Waals surface area contributed by atoms with Gasteiger partial charge in [0.1, 0.15) is 0 Å². The molecule has 3 aliphatic rings. The number of imide groups is 2. The van der Waals surface area contributed by atoms with Gasteiger partial charge in [-0.05, 0) is 23.6 Å². The van der Waals surface area contributed by atoms with Gasteiger partial charge in [-0.25, -0.2) is 4.79 Å². The van der Waals surface area contributed by atoms with Crippen molar-refractivity contribution in [3.05, 3.63) is 65.7 Å². The van der Waals surface area contributed by atoms with Crippen LogP contribution in [0.4, 0.5) is 10.5 Å². The van der Waals surface area contributed by atoms with Gasteiger partial charge in [0.25, 0.3) is 0 Å². The van der Waals surface area contributed by atoms with Gasteiger partial charge >= 0.3 is 6.03 Å². The third kappa shape index (κ3) is 3.59. The largest absolute Gasteiger partial charge is 0.383 e. The van der Waals surface area contributed by atoms with E-state index in [9.17, 15) is 14.4 Å². The standard InChI is InChI=1S/C25H28N4O4/c1-33-14-13-29-23(31)25(22(30)26-24(29)32)15-19-9-5-6-10-20(19)28-12-11-27(17-21(25)28)16-18-7-3-2-4-8-18/h2-10,21H,11-17H2,1H3,(H,26,30,32). The number of methoxy groups -OCH3 is 1. The molecule has 2 aromatic carbocycles. The molecule has 8 nitrogen and oxygen atoms in total. The second-order valence-corrected chi connectivity index (χ2v) is 8.92. The van der Waals surface area contributed by atoms with Crippen LogP contribution in [0.25, 0.3) is 0 Å². The summed E-state index contributed by atoms with van der Waals surface area (Å²) in [5, 5.41) is 2.48. The predicted octanol–water partition coefficient (Wildman–Crippen LogP) is 1.64. The lowest BCUT2D eigenvalue weighted by molar-refractivity contribution is -0.155. The summed E-state index contributed by atoms with van der Waals surface area (Å²) < 4.78 is 5.11. The average molecular weight is 449 g/mol. The van der Waals surface area contributed by atoms with E-state index in [0.717, 1.165) is 29.2 Å². The van der Waals surface area contributed by atoms with Crippen molar-refractivity contribution in [2.75, 3.05) is 44.8 Å². The number of urea groups is 1. The zero-order valence-electron chi connectivity index (χ0n) is 18.7. The summed E-state index contributed by atoms with van der Waals surface area (Å²) in [5.41, 5.74) is 1.83. The fourth-order valence-corrected chi connectivity index (χ4v) is 5.44. The summed E-state index contributed by atoms with van der Waals surface area (Å²) in [6, 6.07) is 17.1. The number of nitrogens with zero attached hydrogens (tertiary/aromatic N) is 3. The number of piperazine rings is 1. The van der Waals surface area contributed by atoms with Gasteiger partial charge in [0.15, 0.2) is 5.41 Å². The number of fused-ring (bicyclic) bond motifs is 4. The Hall–Kier alpha value is -3.23. The van der Waals surface area contributed by atoms with Crippen molar-refractivity contribution in [3.63, 3.8) is 0 Å². The zero-order valence-corrected chi connectivity index (χ0v) is 18.7. The van der Waals surface area contributed by atoms with Gasteiger partial charge in [-0.3, -0.25) is 24.7 Å². The Labute approximate surface area is 193 Å². The van der Waals surface area contributed by atoms with Crippen molar-refractivity contribution in [3.8, 4) is 0 Å². The highest BCUT2D eigenvalue weighted by molar-refractivity contribution is 6.20. The van der Waals surface area contributed by atoms with Gasteiger partial charge in [-0.1, -0.05) is 48.5 Å². The van der Waals surface area contributed by atoms with Crippen LogP contribution in [0.2, 0.25) is 0 Å². The number of hydrogen-bond donors (Lipinski definition) is 1. The minimum absolute atomic E-state index is 0.109. The molecule has 2 saturated heterocycles. The molecule has 2 fully saturated rings. The number of para-hydroxylation sites is 1. The van der Waals surface area contributed by atoms with Crippen LogP contribution in [0.5, 0.6) is 0 Å². The van der Waals surface area contributed by atoms with Gasteiger partial charge < -0.3 is 9.64 Å². The van der Waals surface area contributed by atoms with Crippen LogP contribution >= 0.6 is 0 Å². The Morgan fingerprint density at radius 2 is 1.79 bits per heavy atom. The molecular weight excluding hydrogens is 420 g/mol. The van der Waals surface area contributed by atoms with E-state index < -0.39 is 23.3 Å². The molecule has 0 bridgehead atoms. The van der Waals surface area contributed by atoms with Crippen LogP contribution in [0.3, 0.4) is 0 Å². The van der Waals surface area contributed by atoms with Crippen LogP contribution in [0.1, 0.15) is 11.1 Å². The van der Waals surface area contributed by atoms with Crippen molar-refractivity contribution >= 4 is 23.5 Å². The Bertz CT molecular complexity index is 1080. The van der Waals surface area contributed by atoms with Crippen molar-refractivity contribution in [2.24, 2.45) is 5.41 Å². The van der Waals surface area contributed by atoms with E-state index in [1.165, 1.54) is 12.7 Å². The second kappa shape index (κ2) is 8.61. The summed E-state index contributed by atoms with van der Waals surface area (Å²) in [6.45, 7) is 3.13. The molecule has 3 aliphatic heterocycles. The summed E-state index contributed by atoms with van der Waals surface area (Å²) in [4.78, 5) is 45.6. The molecule has 2 atom stereocenters. The number of amides is 4. The zero-order chi connectivity index (χ0) is 23.0. The van der Waals surface area contributed by atoms with Crippen LogP contribution in [-0.2, 0) is 27.3 Å². The highest BCUT2D eigenvalue weighted by Gasteiger charge is 2.62. The lowest BCUT2D eigenvalue weighted by atomic mass is 9.67. The smallest absolute Gasteiger partial charge is 0.330 e. The lowest BCUT2D eigenvalue weighted by Gasteiger charge is -2.55. The molecule has 1 spiro atoms. The summed E-state index contributed by atoms with van der Waals surface area (Å²) in [6.07, 6.45) is 0.269. The molecule has 5 rings (SSSR count). The molecule has 8 heteroatoms. The predicted molar refractivity (Wildman–Crippen MR) is 123 cm³/mol. The van der Waals surface area contributed by atoms with Gasteiger partial charge in [0.05, 0.1) is 19.2 Å². The van der Waals surface area contributed by atoms with Crippen molar-refractivity contribution in [2.45, 2.75) is 19.0 Å². The van der Waals surface area contributed by atoms with Crippen molar-refractivity contribution < 1.29 is 19.1 Å². The quantitative estimate of drug-likeness (QED) is 0.701. The minimum Gasteiger partial charge on any atom is -0.383 e. The summed E-state index contributed by atoms with van der Waals surface area (Å²) in [5.74, 6) is -0.934. The Morgan fingerprint density at radius 3 is 2.58 bits per heavy atom. The number of rotatable bonds is 5. The van der Waals surface area contributed by atoms with Crippen molar-refractivity contribution in [1.29, 1.82) is 0 Å². The molecule has 4 amide bonds. The molecule has 3 heterocycles. The molecule has 2 unspecified atom stereocenters. The third-order valence-electron chi connectivity index (χ3n) is 7.07. The molecule has 0 radical (unpaired) electrons. The summed E-state index contributed by atoms with van der Waals surface area (Å²) >= 11 is 0. The Morgan fingerprint density at radius 1 is 1.03 bits per heavy atom. The number of nitrogens with one attached hydrogen (secondary N) is 1. The number of hydrogen-bond acceptors (Lipinski definition) is 6. The molecule has 2 aromatic rings. The maximum atomic E-state index is 13.9. The number of carbonyl (C=O) groups is 3. The van der Waals surface area contributed by atoms with Gasteiger partial charge in [-0.15, -0.1) is 0 Å². The van der Waals surface area contributed by atoms with Gasteiger partial charge in [0, 0.05) is 39.0 Å². The Balaban J connectivity index is 1.54. The van der Waals surface area contributed by atoms with Gasteiger partial charge in [0.2, 0.25) is 11.8 Å². The molecule has 0 saturated carbocycles. The second-order valence-electron chi connectivity index (χ2n) is 8.92. The van der Waals surface area contributed by atoms with E-state index in [1.807, 2.05) is 36.4 Å². The fourth-order valence-electron chi connectivity index (χ4n) is 5.44. The monoisotopic (exact) mass is 448 g/mol. The first-order chi connectivity index (χ1) is 16.0. The first kappa shape index (κ1) is 21.6. The fraction of sp³-hybridized carbons (Fsp3) is 0.400. The van der Waals surface area contributed by atoms with E-state index in [1.54, 1.807) is 0 Å². The molecule has 33 heavy (non-hydrogen) atoms. The van der Waals surface area contributed by atoms with E-state index in [0.29, 0.717) is 13.1 Å². The van der Waals surface area contributed by atoms with E-state index in [2.05, 4.69) is 33.3 Å². The maximum absolute atomic E-state index is 13.9. The number of barbiturate groups is 1. The van der Waals surface area contributed by atoms with Crippen LogP contribution in [-0.4, -0.2) is 73.6 Å². The number of carbonyl (C=O) groups excluding carboxylic acids is 3. The molecule has 1 N–H and O–H groups in total. The molecular formula is C25H28N4O4. The SMILES string of the molecule is COCCN1C(=O)NC(=O)C2(Cc3ccccc3N3CCN(Cc4ccccc4)CC32)C1=O. The first-order valence-corrected chi connectivity index (χ1v) is 11.3. The van der Waals surface area contributed by atoms with E-state index >= 15 is 0 Å².